The first-order valence-electron chi connectivity index (χ1n) is 11.4. The molecule has 0 spiro atoms. The average Bonchev–Trinajstić information content (AvgIpc) is 3.34. The third-order valence-corrected chi connectivity index (χ3v) is 6.42. The summed E-state index contributed by atoms with van der Waals surface area (Å²) in [7, 11) is 3.66. The Balaban J connectivity index is 1.54. The van der Waals surface area contributed by atoms with Crippen LogP contribution < -0.4 is 15.0 Å². The molecule has 4 aromatic carbocycles. The van der Waals surface area contributed by atoms with Gasteiger partial charge in [0.05, 0.1) is 29.4 Å². The van der Waals surface area contributed by atoms with Crippen LogP contribution in [0.4, 0.5) is 17.1 Å². The summed E-state index contributed by atoms with van der Waals surface area (Å²) < 4.78 is 11.2. The van der Waals surface area contributed by atoms with Gasteiger partial charge in [-0.15, -0.1) is 0 Å². The molecule has 5 aromatic rings. The van der Waals surface area contributed by atoms with E-state index in [1.807, 2.05) is 79.8 Å². The minimum absolute atomic E-state index is 0.0467. The second-order valence-electron chi connectivity index (χ2n) is 8.62. The van der Waals surface area contributed by atoms with E-state index >= 15 is 0 Å². The van der Waals surface area contributed by atoms with Crippen molar-refractivity contribution in [2.24, 2.45) is 0 Å². The fourth-order valence-electron chi connectivity index (χ4n) is 4.70. The van der Waals surface area contributed by atoms with Crippen LogP contribution in [0.1, 0.15) is 21.5 Å². The molecule has 0 saturated heterocycles. The number of benzene rings is 4. The minimum atomic E-state index is -0.0467. The first-order valence-corrected chi connectivity index (χ1v) is 11.4. The summed E-state index contributed by atoms with van der Waals surface area (Å²) >= 11 is 0. The van der Waals surface area contributed by atoms with Gasteiger partial charge in [-0.2, -0.15) is 0 Å². The van der Waals surface area contributed by atoms with Crippen molar-refractivity contribution in [2.45, 2.75) is 6.54 Å². The summed E-state index contributed by atoms with van der Waals surface area (Å²) in [6.07, 6.45) is 0. The van der Waals surface area contributed by atoms with Gasteiger partial charge in [-0.1, -0.05) is 59.8 Å². The van der Waals surface area contributed by atoms with Gasteiger partial charge in [0.25, 0.3) is 0 Å². The Morgan fingerprint density at radius 2 is 1.66 bits per heavy atom. The van der Waals surface area contributed by atoms with Crippen LogP contribution in [-0.2, 0) is 6.54 Å². The first-order chi connectivity index (χ1) is 17.1. The van der Waals surface area contributed by atoms with Crippen molar-refractivity contribution < 1.29 is 14.1 Å². The average molecular weight is 462 g/mol. The van der Waals surface area contributed by atoms with Crippen LogP contribution in [0.5, 0.6) is 5.75 Å². The van der Waals surface area contributed by atoms with E-state index in [0.29, 0.717) is 34.6 Å². The van der Waals surface area contributed by atoms with Crippen LogP contribution in [0.15, 0.2) is 89.5 Å². The Kier molecular flexibility index (Phi) is 4.99. The Bertz CT molecular complexity index is 1560. The van der Waals surface area contributed by atoms with Crippen LogP contribution in [0.3, 0.4) is 0 Å². The molecule has 172 valence electrons. The summed E-state index contributed by atoms with van der Waals surface area (Å²) in [5.41, 5.74) is 6.25. The zero-order chi connectivity index (χ0) is 23.9. The third kappa shape index (κ3) is 3.51. The zero-order valence-corrected chi connectivity index (χ0v) is 19.4. The Morgan fingerprint density at radius 1 is 0.943 bits per heavy atom. The third-order valence-electron chi connectivity index (χ3n) is 6.42. The van der Waals surface area contributed by atoms with E-state index < -0.39 is 0 Å². The van der Waals surface area contributed by atoms with E-state index in [-0.39, 0.29) is 5.78 Å². The van der Waals surface area contributed by atoms with Crippen molar-refractivity contribution >= 4 is 33.7 Å². The molecule has 1 N–H and O–H groups in total. The number of ketones is 1. The van der Waals surface area contributed by atoms with Gasteiger partial charge >= 0.3 is 0 Å². The number of nitrogens with one attached hydrogen (secondary N) is 1. The summed E-state index contributed by atoms with van der Waals surface area (Å²) in [5.74, 6) is 1.34. The molecule has 0 aliphatic heterocycles. The predicted octanol–water partition coefficient (Wildman–Crippen LogP) is 6.43. The molecule has 1 aromatic heterocycles. The number of methoxy groups -OCH3 is 1. The van der Waals surface area contributed by atoms with Crippen LogP contribution in [0.2, 0.25) is 0 Å². The number of aromatic nitrogens is 1. The molecular weight excluding hydrogens is 438 g/mol. The standard InChI is InChI=1S/C29H23N3O3/c1-32(17-18-8-4-3-5-9-18)24-16-23(30-19-12-14-20(34-2)15-13-19)25-26-27(24)31-35-29(26)22-11-7-6-10-21(22)28(25)33/h3-16,30H,17H2,1-2H3. The Labute approximate surface area is 202 Å². The zero-order valence-electron chi connectivity index (χ0n) is 19.4. The predicted molar refractivity (Wildman–Crippen MR) is 138 cm³/mol. The maximum absolute atomic E-state index is 13.7. The maximum atomic E-state index is 13.7. The lowest BCUT2D eigenvalue weighted by molar-refractivity contribution is 0.104. The number of rotatable bonds is 6. The number of hydrogen-bond acceptors (Lipinski definition) is 6. The quantitative estimate of drug-likeness (QED) is 0.308. The number of fused-ring (bicyclic) bond motifs is 2. The molecule has 6 rings (SSSR count). The van der Waals surface area contributed by atoms with Crippen molar-refractivity contribution in [3.63, 3.8) is 0 Å². The van der Waals surface area contributed by atoms with Gasteiger partial charge < -0.3 is 19.5 Å². The molecule has 0 amide bonds. The summed E-state index contributed by atoms with van der Waals surface area (Å²) in [6, 6.07) is 27.4. The van der Waals surface area contributed by atoms with Gasteiger partial charge in [0.1, 0.15) is 11.3 Å². The van der Waals surface area contributed by atoms with E-state index in [1.165, 1.54) is 5.56 Å². The number of nitrogens with zero attached hydrogens (tertiary/aromatic N) is 2. The molecule has 6 nitrogen and oxygen atoms in total. The highest BCUT2D eigenvalue weighted by atomic mass is 16.5. The monoisotopic (exact) mass is 461 g/mol. The van der Waals surface area contributed by atoms with E-state index in [0.717, 1.165) is 28.1 Å². The molecule has 0 unspecified atom stereocenters. The number of carbonyl (C=O) groups is 1. The van der Waals surface area contributed by atoms with Gasteiger partial charge in [0.15, 0.2) is 11.5 Å². The lowest BCUT2D eigenvalue weighted by Gasteiger charge is -2.24. The second kappa shape index (κ2) is 8.33. The minimum Gasteiger partial charge on any atom is -0.497 e. The topological polar surface area (TPSA) is 67.6 Å². The molecule has 1 aliphatic rings. The fraction of sp³-hybridized carbons (Fsp3) is 0.103. The van der Waals surface area contributed by atoms with Crippen LogP contribution in [0.25, 0.3) is 22.2 Å². The SMILES string of the molecule is COc1ccc(Nc2cc(N(C)Cc3ccccc3)c3noc4c3c2C(=O)c2ccccc2-4)cc1. The fourth-order valence-corrected chi connectivity index (χ4v) is 4.70. The lowest BCUT2D eigenvalue weighted by atomic mass is 9.86. The van der Waals surface area contributed by atoms with E-state index in [9.17, 15) is 4.79 Å². The van der Waals surface area contributed by atoms with Crippen molar-refractivity contribution in [3.05, 3.63) is 102 Å². The highest BCUT2D eigenvalue weighted by Gasteiger charge is 2.33. The molecule has 6 heteroatoms. The number of ether oxygens (including phenoxy) is 1. The van der Waals surface area contributed by atoms with Crippen molar-refractivity contribution in [1.82, 2.24) is 5.16 Å². The highest BCUT2D eigenvalue weighted by Crippen LogP contribution is 2.46. The molecule has 35 heavy (non-hydrogen) atoms. The first kappa shape index (κ1) is 21.0. The van der Waals surface area contributed by atoms with Gasteiger partial charge in [0, 0.05) is 30.4 Å². The molecule has 0 atom stereocenters. The normalized spacial score (nSPS) is 11.9. The number of carbonyl (C=O) groups excluding carboxylic acids is 1. The van der Waals surface area contributed by atoms with E-state index in [1.54, 1.807) is 7.11 Å². The lowest BCUT2D eigenvalue weighted by Crippen LogP contribution is -2.18. The summed E-state index contributed by atoms with van der Waals surface area (Å²) in [6.45, 7) is 0.685. The molecule has 0 fully saturated rings. The number of anilines is 3. The van der Waals surface area contributed by atoms with Crippen molar-refractivity contribution in [3.8, 4) is 17.1 Å². The Hall–Kier alpha value is -4.58. The summed E-state index contributed by atoms with van der Waals surface area (Å²) in [5, 5.41) is 8.65. The molecule has 1 heterocycles. The van der Waals surface area contributed by atoms with E-state index in [2.05, 4.69) is 27.5 Å². The maximum Gasteiger partial charge on any atom is 0.196 e. The molecule has 0 bridgehead atoms. The molecule has 0 saturated carbocycles. The molecule has 0 radical (unpaired) electrons. The largest absolute Gasteiger partial charge is 0.497 e. The van der Waals surface area contributed by atoms with Crippen molar-refractivity contribution in [2.75, 3.05) is 24.4 Å². The highest BCUT2D eigenvalue weighted by molar-refractivity contribution is 6.28. The number of hydrogen-bond donors (Lipinski definition) is 1. The Morgan fingerprint density at radius 3 is 2.40 bits per heavy atom. The van der Waals surface area contributed by atoms with Crippen LogP contribution in [-0.4, -0.2) is 25.1 Å². The molecule has 1 aliphatic carbocycles. The van der Waals surface area contributed by atoms with Gasteiger partial charge in [-0.3, -0.25) is 4.79 Å². The van der Waals surface area contributed by atoms with Gasteiger partial charge in [0.2, 0.25) is 0 Å². The smallest absolute Gasteiger partial charge is 0.196 e. The van der Waals surface area contributed by atoms with Gasteiger partial charge in [-0.05, 0) is 35.9 Å². The van der Waals surface area contributed by atoms with Gasteiger partial charge in [-0.25, -0.2) is 0 Å². The van der Waals surface area contributed by atoms with E-state index in [4.69, 9.17) is 9.26 Å². The van der Waals surface area contributed by atoms with Crippen LogP contribution >= 0.6 is 0 Å². The van der Waals surface area contributed by atoms with Crippen molar-refractivity contribution in [1.29, 1.82) is 0 Å². The molecular formula is C29H23N3O3. The second-order valence-corrected chi connectivity index (χ2v) is 8.62. The summed E-state index contributed by atoms with van der Waals surface area (Å²) in [4.78, 5) is 15.9. The van der Waals surface area contributed by atoms with Crippen LogP contribution in [0, 0.1) is 0 Å².